The van der Waals surface area contributed by atoms with E-state index in [1.54, 1.807) is 5.38 Å². The molecule has 2 heterocycles. The van der Waals surface area contributed by atoms with Gasteiger partial charge in [0.25, 0.3) is 10.0 Å². The Kier molecular flexibility index (Phi) is 9.33. The highest BCUT2D eigenvalue weighted by Gasteiger charge is 2.38. The van der Waals surface area contributed by atoms with Crippen LogP contribution in [0.3, 0.4) is 0 Å². The Hall–Kier alpha value is -3.23. The number of aliphatic carboxylic acids is 1. The second kappa shape index (κ2) is 12.1. The summed E-state index contributed by atoms with van der Waals surface area (Å²) in [6.45, 7) is 4.54. The molecule has 0 radical (unpaired) electrons. The highest BCUT2D eigenvalue weighted by Crippen LogP contribution is 2.30. The zero-order valence-electron chi connectivity index (χ0n) is 20.4. The molecule has 0 saturated carbocycles. The zero-order valence-corrected chi connectivity index (χ0v) is 22.1. The van der Waals surface area contributed by atoms with Gasteiger partial charge in [0.2, 0.25) is 0 Å². The van der Waals surface area contributed by atoms with Gasteiger partial charge in [-0.3, -0.25) is 9.62 Å². The number of halogens is 4. The number of nitrogens with zero attached hydrogens (tertiary/aromatic N) is 3. The summed E-state index contributed by atoms with van der Waals surface area (Å²) >= 11 is 1.12. The van der Waals surface area contributed by atoms with Crippen LogP contribution in [-0.2, 0) is 21.4 Å². The molecule has 0 spiro atoms. The van der Waals surface area contributed by atoms with Crippen molar-refractivity contribution in [3.63, 3.8) is 0 Å². The van der Waals surface area contributed by atoms with Gasteiger partial charge in [-0.2, -0.15) is 17.5 Å². The van der Waals surface area contributed by atoms with Gasteiger partial charge < -0.3 is 10.0 Å². The van der Waals surface area contributed by atoms with Crippen molar-refractivity contribution in [2.75, 3.05) is 29.8 Å². The van der Waals surface area contributed by atoms with Gasteiger partial charge in [-0.05, 0) is 54.2 Å². The Morgan fingerprint density at radius 2 is 1.89 bits per heavy atom. The summed E-state index contributed by atoms with van der Waals surface area (Å²) in [5.74, 6) is -3.34. The molecule has 1 aliphatic heterocycles. The fourth-order valence-electron chi connectivity index (χ4n) is 4.00. The first-order chi connectivity index (χ1) is 17.8. The molecule has 0 amide bonds. The van der Waals surface area contributed by atoms with E-state index in [9.17, 15) is 26.0 Å². The molecule has 2 N–H and O–H groups in total. The van der Waals surface area contributed by atoms with Gasteiger partial charge in [-0.1, -0.05) is 30.3 Å². The molecule has 1 saturated heterocycles. The quantitative estimate of drug-likeness (QED) is 0.393. The Morgan fingerprint density at radius 1 is 1.24 bits per heavy atom. The third-order valence-corrected chi connectivity index (χ3v) is 7.81. The van der Waals surface area contributed by atoms with Crippen LogP contribution in [0.1, 0.15) is 17.5 Å². The number of anilines is 2. The molecule has 8 nitrogen and oxygen atoms in total. The van der Waals surface area contributed by atoms with Crippen LogP contribution in [-0.4, -0.2) is 61.1 Å². The van der Waals surface area contributed by atoms with Crippen LogP contribution in [0.15, 0.2) is 58.8 Å². The number of likely N-dealkylation sites (tertiary alicyclic amines) is 1. The van der Waals surface area contributed by atoms with Crippen molar-refractivity contribution in [2.24, 2.45) is 0 Å². The highest BCUT2D eigenvalue weighted by molar-refractivity contribution is 7.92. The third-order valence-electron chi connectivity index (χ3n) is 5.88. The number of carbonyl (C=O) groups is 1. The molecule has 3 aromatic rings. The van der Waals surface area contributed by atoms with Crippen LogP contribution >= 0.6 is 11.5 Å². The van der Waals surface area contributed by atoms with E-state index in [2.05, 4.69) is 31.0 Å². The lowest BCUT2D eigenvalue weighted by Crippen LogP contribution is -2.35. The van der Waals surface area contributed by atoms with E-state index in [4.69, 9.17) is 9.90 Å². The van der Waals surface area contributed by atoms with Crippen molar-refractivity contribution >= 4 is 39.0 Å². The molecule has 14 heteroatoms. The molecule has 1 fully saturated rings. The number of rotatable bonds is 7. The predicted octanol–water partition coefficient (Wildman–Crippen LogP) is 4.74. The van der Waals surface area contributed by atoms with E-state index in [0.29, 0.717) is 11.3 Å². The number of carboxylic acids is 1. The standard InChI is InChI=1S/C22H25FN4O2S2.C2HF3O2/c1-16-12-21(31(28,29)25-22-9-11-30-24-22)19(23)13-20(16)26(2)18-8-10-27(15-18)14-17-6-4-3-5-7-17;3-2(4,5)1(6)7/h3-7,9,11-13,18H,8,10,14-15H2,1-2H3,(H,24,25);(H,6,7)/t18-;/m0./s1. The maximum atomic E-state index is 14.9. The van der Waals surface area contributed by atoms with Crippen molar-refractivity contribution in [1.29, 1.82) is 0 Å². The second-order valence-electron chi connectivity index (χ2n) is 8.64. The van der Waals surface area contributed by atoms with Crippen LogP contribution in [0.25, 0.3) is 0 Å². The normalized spacial score (nSPS) is 16.0. The number of aryl methyl sites for hydroxylation is 1. The van der Waals surface area contributed by atoms with Crippen LogP contribution in [0.4, 0.5) is 29.1 Å². The monoisotopic (exact) mass is 574 g/mol. The Morgan fingerprint density at radius 3 is 2.47 bits per heavy atom. The molecule has 0 aliphatic carbocycles. The van der Waals surface area contributed by atoms with Gasteiger partial charge in [0, 0.05) is 43.8 Å². The lowest BCUT2D eigenvalue weighted by Gasteiger charge is -2.29. The number of sulfonamides is 1. The van der Waals surface area contributed by atoms with Crippen molar-refractivity contribution in [3.05, 3.63) is 70.9 Å². The first-order valence-electron chi connectivity index (χ1n) is 11.3. The second-order valence-corrected chi connectivity index (χ2v) is 11.0. The summed E-state index contributed by atoms with van der Waals surface area (Å²) in [7, 11) is -2.10. The molecule has 1 aliphatic rings. The molecule has 4 rings (SSSR count). The Balaban J connectivity index is 0.000000505. The maximum Gasteiger partial charge on any atom is 0.490 e. The van der Waals surface area contributed by atoms with Crippen molar-refractivity contribution in [3.8, 4) is 0 Å². The van der Waals surface area contributed by atoms with E-state index in [1.165, 1.54) is 23.8 Å². The van der Waals surface area contributed by atoms with Crippen LogP contribution < -0.4 is 9.62 Å². The zero-order chi connectivity index (χ0) is 28.1. The molecule has 206 valence electrons. The number of aromatic nitrogens is 1. The SMILES string of the molecule is Cc1cc(S(=O)(=O)Nc2ccsn2)c(F)cc1N(C)[C@H]1CCN(Cc2ccccc2)C1.O=C(O)C(F)(F)F. The number of alkyl halides is 3. The summed E-state index contributed by atoms with van der Waals surface area (Å²) in [4.78, 5) is 13.0. The molecule has 38 heavy (non-hydrogen) atoms. The molecule has 0 unspecified atom stereocenters. The average Bonchev–Trinajstić information content (AvgIpc) is 3.52. The lowest BCUT2D eigenvalue weighted by molar-refractivity contribution is -0.192. The first-order valence-corrected chi connectivity index (χ1v) is 13.6. The van der Waals surface area contributed by atoms with E-state index in [0.717, 1.165) is 37.6 Å². The number of carboxylic acid groups (broad SMARTS) is 1. The first kappa shape index (κ1) is 29.3. The summed E-state index contributed by atoms with van der Waals surface area (Å²) in [6.07, 6.45) is -4.12. The number of benzene rings is 2. The Bertz CT molecular complexity index is 1340. The van der Waals surface area contributed by atoms with Crippen LogP contribution in [0.2, 0.25) is 0 Å². The third kappa shape index (κ3) is 7.65. The summed E-state index contributed by atoms with van der Waals surface area (Å²) in [5.41, 5.74) is 2.69. The molecule has 2 aromatic carbocycles. The predicted molar refractivity (Wildman–Crippen MR) is 136 cm³/mol. The fraction of sp³-hybridized carbons (Fsp3) is 0.333. The van der Waals surface area contributed by atoms with E-state index in [1.807, 2.05) is 32.2 Å². The van der Waals surface area contributed by atoms with Gasteiger partial charge in [-0.25, -0.2) is 17.6 Å². The topological polar surface area (TPSA) is 103 Å². The van der Waals surface area contributed by atoms with Gasteiger partial charge in [0.15, 0.2) is 5.82 Å². The fourth-order valence-corrected chi connectivity index (χ4v) is 5.67. The summed E-state index contributed by atoms with van der Waals surface area (Å²) in [6, 6.07) is 14.8. The number of hydrogen-bond acceptors (Lipinski definition) is 7. The highest BCUT2D eigenvalue weighted by atomic mass is 32.2. The van der Waals surface area contributed by atoms with E-state index in [-0.39, 0.29) is 16.8 Å². The maximum absolute atomic E-state index is 14.9. The van der Waals surface area contributed by atoms with Crippen molar-refractivity contribution < 1.29 is 35.9 Å². The molecule has 0 bridgehead atoms. The number of hydrogen-bond donors (Lipinski definition) is 2. The van der Waals surface area contributed by atoms with Gasteiger partial charge in [-0.15, -0.1) is 0 Å². The lowest BCUT2D eigenvalue weighted by atomic mass is 10.1. The molecular weight excluding hydrogens is 548 g/mol. The minimum atomic E-state index is -5.08. The molecule has 1 atom stereocenters. The van der Waals surface area contributed by atoms with Crippen molar-refractivity contribution in [2.45, 2.75) is 37.0 Å². The van der Waals surface area contributed by atoms with Crippen molar-refractivity contribution in [1.82, 2.24) is 9.27 Å². The van der Waals surface area contributed by atoms with Crippen LogP contribution in [0, 0.1) is 12.7 Å². The summed E-state index contributed by atoms with van der Waals surface area (Å²) < 4.78 is 78.1. The van der Waals surface area contributed by atoms with Crippen LogP contribution in [0.5, 0.6) is 0 Å². The smallest absolute Gasteiger partial charge is 0.475 e. The molecular formula is C24H26F4N4O4S2. The Labute approximate surface area is 221 Å². The largest absolute Gasteiger partial charge is 0.490 e. The number of nitrogens with one attached hydrogen (secondary N) is 1. The van der Waals surface area contributed by atoms with Gasteiger partial charge in [0.1, 0.15) is 10.7 Å². The van der Waals surface area contributed by atoms with Gasteiger partial charge >= 0.3 is 12.1 Å². The van der Waals surface area contributed by atoms with E-state index < -0.39 is 28.0 Å². The summed E-state index contributed by atoms with van der Waals surface area (Å²) in [5, 5.41) is 8.78. The number of likely N-dealkylation sites (N-methyl/N-ethyl adjacent to an activating group) is 1. The molecule has 1 aromatic heterocycles. The average molecular weight is 575 g/mol. The van der Waals surface area contributed by atoms with Gasteiger partial charge in [0.05, 0.1) is 0 Å². The van der Waals surface area contributed by atoms with E-state index >= 15 is 0 Å². The minimum Gasteiger partial charge on any atom is -0.475 e. The minimum absolute atomic E-state index is 0.188.